The van der Waals surface area contributed by atoms with Crippen LogP contribution in [-0.2, 0) is 4.79 Å². The topological polar surface area (TPSA) is 49.3 Å². The predicted molar refractivity (Wildman–Crippen MR) is 56.8 cm³/mol. The molecule has 0 saturated carbocycles. The van der Waals surface area contributed by atoms with Crippen LogP contribution in [0.5, 0.6) is 0 Å². The van der Waals surface area contributed by atoms with Gasteiger partial charge in [0, 0.05) is 6.54 Å². The molecule has 0 saturated heterocycles. The van der Waals surface area contributed by atoms with Gasteiger partial charge in [0.2, 0.25) is 0 Å². The van der Waals surface area contributed by atoms with E-state index in [2.05, 4.69) is 5.32 Å². The molecule has 2 N–H and O–H groups in total. The summed E-state index contributed by atoms with van der Waals surface area (Å²) in [6, 6.07) is 3.92. The molecule has 0 fully saturated rings. The van der Waals surface area contributed by atoms with Gasteiger partial charge in [-0.2, -0.15) is 13.2 Å². The minimum atomic E-state index is -4.87. The number of benzene rings is 1. The average molecular weight is 265 g/mol. The van der Waals surface area contributed by atoms with E-state index in [0.717, 1.165) is 6.07 Å². The first-order valence-electron chi connectivity index (χ1n) is 5.01. The summed E-state index contributed by atoms with van der Waals surface area (Å²) in [5.41, 5.74) is 0.458. The van der Waals surface area contributed by atoms with E-state index in [1.807, 2.05) is 0 Å². The van der Waals surface area contributed by atoms with E-state index >= 15 is 0 Å². The number of alkyl halides is 3. The van der Waals surface area contributed by atoms with Crippen molar-refractivity contribution in [2.75, 3.05) is 11.9 Å². The normalized spacial score (nSPS) is 13.2. The number of halogens is 4. The van der Waals surface area contributed by atoms with Gasteiger partial charge in [-0.3, -0.25) is 4.79 Å². The molecule has 0 spiro atoms. The molecule has 1 aromatic rings. The van der Waals surface area contributed by atoms with Crippen LogP contribution in [0.4, 0.5) is 23.2 Å². The van der Waals surface area contributed by atoms with E-state index in [9.17, 15) is 22.4 Å². The molecule has 0 aliphatic heterocycles. The summed E-state index contributed by atoms with van der Waals surface area (Å²) in [4.78, 5) is 10.5. The number of nitrogens with one attached hydrogen (secondary N) is 1. The molecule has 0 aliphatic carbocycles. The quantitative estimate of drug-likeness (QED) is 0.823. The number of aryl methyl sites for hydroxylation is 1. The Morgan fingerprint density at radius 2 is 2.06 bits per heavy atom. The summed E-state index contributed by atoms with van der Waals surface area (Å²) in [7, 11) is 0. The summed E-state index contributed by atoms with van der Waals surface area (Å²) in [5, 5.41) is 10.6. The monoisotopic (exact) mass is 265 g/mol. The van der Waals surface area contributed by atoms with Crippen LogP contribution in [0.25, 0.3) is 0 Å². The number of hydrogen-bond donors (Lipinski definition) is 2. The highest BCUT2D eigenvalue weighted by atomic mass is 19.4. The van der Waals surface area contributed by atoms with Crippen molar-refractivity contribution in [2.45, 2.75) is 13.1 Å². The van der Waals surface area contributed by atoms with Gasteiger partial charge in [-0.1, -0.05) is 6.07 Å². The van der Waals surface area contributed by atoms with Gasteiger partial charge in [-0.25, -0.2) is 4.39 Å². The number of anilines is 1. The number of carboxylic acids is 1. The molecule has 7 heteroatoms. The third kappa shape index (κ3) is 3.61. The molecule has 3 nitrogen and oxygen atoms in total. The Morgan fingerprint density at radius 3 is 2.50 bits per heavy atom. The van der Waals surface area contributed by atoms with Crippen molar-refractivity contribution in [3.05, 3.63) is 29.6 Å². The molecule has 1 unspecified atom stereocenters. The standard InChI is InChI=1S/C11H11F4NO2/c1-6-2-3-9(8(12)4-6)16-5-7(10(17)18)11(13,14)15/h2-4,7,16H,5H2,1H3,(H,17,18). The van der Waals surface area contributed by atoms with Crippen molar-refractivity contribution < 1.29 is 27.5 Å². The number of carbonyl (C=O) groups is 1. The first-order chi connectivity index (χ1) is 8.21. The average Bonchev–Trinajstić information content (AvgIpc) is 2.18. The summed E-state index contributed by atoms with van der Waals surface area (Å²) in [6.07, 6.45) is -4.87. The van der Waals surface area contributed by atoms with Gasteiger partial charge in [0.1, 0.15) is 5.82 Å². The molecule has 0 heterocycles. The van der Waals surface area contributed by atoms with E-state index < -0.39 is 30.4 Å². The van der Waals surface area contributed by atoms with Crippen molar-refractivity contribution in [2.24, 2.45) is 5.92 Å². The van der Waals surface area contributed by atoms with Crippen LogP contribution in [0.3, 0.4) is 0 Å². The molecule has 0 aromatic heterocycles. The fraction of sp³-hybridized carbons (Fsp3) is 0.364. The molecule has 1 atom stereocenters. The Hall–Kier alpha value is -1.79. The van der Waals surface area contributed by atoms with Gasteiger partial charge in [0.25, 0.3) is 0 Å². The van der Waals surface area contributed by atoms with Gasteiger partial charge in [0.05, 0.1) is 5.69 Å². The number of hydrogen-bond acceptors (Lipinski definition) is 2. The number of carboxylic acid groups (broad SMARTS) is 1. The van der Waals surface area contributed by atoms with Crippen LogP contribution in [-0.4, -0.2) is 23.8 Å². The lowest BCUT2D eigenvalue weighted by atomic mass is 10.1. The van der Waals surface area contributed by atoms with Crippen LogP contribution in [0.1, 0.15) is 5.56 Å². The predicted octanol–water partition coefficient (Wildman–Crippen LogP) is 2.81. The van der Waals surface area contributed by atoms with Gasteiger partial charge in [-0.15, -0.1) is 0 Å². The Kier molecular flexibility index (Phi) is 4.15. The lowest BCUT2D eigenvalue weighted by Gasteiger charge is -2.17. The molecule has 0 amide bonds. The largest absolute Gasteiger partial charge is 0.481 e. The smallest absolute Gasteiger partial charge is 0.403 e. The van der Waals surface area contributed by atoms with E-state index in [1.165, 1.54) is 12.1 Å². The minimum Gasteiger partial charge on any atom is -0.481 e. The molecule has 0 bridgehead atoms. The van der Waals surface area contributed by atoms with Gasteiger partial charge in [-0.05, 0) is 24.6 Å². The maximum absolute atomic E-state index is 13.3. The number of rotatable bonds is 4. The highest BCUT2D eigenvalue weighted by molar-refractivity contribution is 5.71. The lowest BCUT2D eigenvalue weighted by molar-refractivity contribution is -0.190. The summed E-state index contributed by atoms with van der Waals surface area (Å²) < 4.78 is 50.3. The molecular weight excluding hydrogens is 254 g/mol. The summed E-state index contributed by atoms with van der Waals surface area (Å²) in [5.74, 6) is -5.29. The van der Waals surface area contributed by atoms with Crippen molar-refractivity contribution >= 4 is 11.7 Å². The molecule has 0 aliphatic rings. The summed E-state index contributed by atoms with van der Waals surface area (Å²) in [6.45, 7) is 0.710. The van der Waals surface area contributed by atoms with Gasteiger partial charge >= 0.3 is 12.1 Å². The second-order valence-electron chi connectivity index (χ2n) is 3.80. The third-order valence-electron chi connectivity index (χ3n) is 2.31. The zero-order chi connectivity index (χ0) is 13.9. The summed E-state index contributed by atoms with van der Waals surface area (Å²) >= 11 is 0. The SMILES string of the molecule is Cc1ccc(NCC(C(=O)O)C(F)(F)F)c(F)c1. The molecule has 18 heavy (non-hydrogen) atoms. The van der Waals surface area contributed by atoms with E-state index in [4.69, 9.17) is 5.11 Å². The number of aliphatic carboxylic acids is 1. The van der Waals surface area contributed by atoms with Crippen LogP contribution in [0, 0.1) is 18.7 Å². The van der Waals surface area contributed by atoms with Crippen molar-refractivity contribution in [1.29, 1.82) is 0 Å². The van der Waals surface area contributed by atoms with Crippen LogP contribution < -0.4 is 5.32 Å². The minimum absolute atomic E-state index is 0.156. The molecule has 1 rings (SSSR count). The zero-order valence-electron chi connectivity index (χ0n) is 9.38. The maximum atomic E-state index is 13.3. The molecule has 0 radical (unpaired) electrons. The third-order valence-corrected chi connectivity index (χ3v) is 2.31. The van der Waals surface area contributed by atoms with E-state index in [0.29, 0.717) is 5.56 Å². The second-order valence-corrected chi connectivity index (χ2v) is 3.80. The Balaban J connectivity index is 2.77. The lowest BCUT2D eigenvalue weighted by Crippen LogP contribution is -2.36. The first kappa shape index (κ1) is 14.3. The van der Waals surface area contributed by atoms with Crippen molar-refractivity contribution in [1.82, 2.24) is 0 Å². The second kappa shape index (κ2) is 5.24. The highest BCUT2D eigenvalue weighted by Crippen LogP contribution is 2.27. The zero-order valence-corrected chi connectivity index (χ0v) is 9.38. The molecular formula is C11H11F4NO2. The fourth-order valence-corrected chi connectivity index (χ4v) is 1.32. The molecule has 1 aromatic carbocycles. The van der Waals surface area contributed by atoms with Crippen LogP contribution in [0.2, 0.25) is 0 Å². The van der Waals surface area contributed by atoms with E-state index in [-0.39, 0.29) is 5.69 Å². The highest BCUT2D eigenvalue weighted by Gasteiger charge is 2.44. The van der Waals surface area contributed by atoms with E-state index in [1.54, 1.807) is 6.92 Å². The van der Waals surface area contributed by atoms with Crippen LogP contribution in [0.15, 0.2) is 18.2 Å². The first-order valence-corrected chi connectivity index (χ1v) is 5.01. The Labute approximate surface area is 100 Å². The fourth-order valence-electron chi connectivity index (χ4n) is 1.32. The van der Waals surface area contributed by atoms with Gasteiger partial charge in [0.15, 0.2) is 5.92 Å². The molecule has 100 valence electrons. The maximum Gasteiger partial charge on any atom is 0.403 e. The van der Waals surface area contributed by atoms with Crippen LogP contribution >= 0.6 is 0 Å². The van der Waals surface area contributed by atoms with Crippen molar-refractivity contribution in [3.63, 3.8) is 0 Å². The Morgan fingerprint density at radius 1 is 1.44 bits per heavy atom. The van der Waals surface area contributed by atoms with Crippen molar-refractivity contribution in [3.8, 4) is 0 Å². The van der Waals surface area contributed by atoms with Gasteiger partial charge < -0.3 is 10.4 Å². The Bertz CT molecular complexity index is 445.